The highest BCUT2D eigenvalue weighted by Crippen LogP contribution is 2.15. The number of rotatable bonds is 6. The largest absolute Gasteiger partial charge is 0.486 e. The number of nitrogens with zero attached hydrogens (tertiary/aromatic N) is 2. The van der Waals surface area contributed by atoms with Crippen LogP contribution in [0.4, 0.5) is 0 Å². The van der Waals surface area contributed by atoms with Crippen LogP contribution in [0.1, 0.15) is 25.2 Å². The minimum atomic E-state index is -0.316. The molecule has 0 amide bonds. The van der Waals surface area contributed by atoms with Crippen molar-refractivity contribution in [3.05, 3.63) is 48.0 Å². The van der Waals surface area contributed by atoms with E-state index in [4.69, 9.17) is 4.74 Å². The summed E-state index contributed by atoms with van der Waals surface area (Å²) in [5.41, 5.74) is 1.11. The number of aliphatic hydroxyl groups excluding tert-OH is 1. The highest BCUT2D eigenvalue weighted by molar-refractivity contribution is 5.27. The van der Waals surface area contributed by atoms with Crippen molar-refractivity contribution in [1.29, 1.82) is 0 Å². The lowest BCUT2D eigenvalue weighted by Crippen LogP contribution is -2.06. The van der Waals surface area contributed by atoms with Crippen LogP contribution in [-0.2, 0) is 19.6 Å². The van der Waals surface area contributed by atoms with Gasteiger partial charge in [0.2, 0.25) is 0 Å². The number of aryl methyl sites for hydroxylation is 1. The monoisotopic (exact) mass is 260 g/mol. The smallest absolute Gasteiger partial charge is 0.146 e. The van der Waals surface area contributed by atoms with Crippen molar-refractivity contribution in [2.75, 3.05) is 0 Å². The van der Waals surface area contributed by atoms with E-state index in [1.807, 2.05) is 30.5 Å². The second kappa shape index (κ2) is 6.38. The maximum absolute atomic E-state index is 9.32. The minimum Gasteiger partial charge on any atom is -0.486 e. The molecular weight excluding hydrogens is 240 g/mol. The Morgan fingerprint density at radius 2 is 2.05 bits per heavy atom. The summed E-state index contributed by atoms with van der Waals surface area (Å²) >= 11 is 0. The number of aliphatic hydroxyl groups is 1. The molecule has 0 bridgehead atoms. The zero-order valence-corrected chi connectivity index (χ0v) is 11.4. The SMILES string of the molecule is CCn1ccnc1COc1ccc(CC(C)O)cc1. The molecule has 102 valence electrons. The predicted molar refractivity (Wildman–Crippen MR) is 74.1 cm³/mol. The molecule has 1 heterocycles. The molecule has 0 saturated carbocycles. The van der Waals surface area contributed by atoms with Gasteiger partial charge in [-0.25, -0.2) is 4.98 Å². The third-order valence-corrected chi connectivity index (χ3v) is 2.96. The van der Waals surface area contributed by atoms with E-state index in [2.05, 4.69) is 16.5 Å². The fourth-order valence-electron chi connectivity index (χ4n) is 1.98. The first-order chi connectivity index (χ1) is 9.19. The van der Waals surface area contributed by atoms with E-state index < -0.39 is 0 Å². The van der Waals surface area contributed by atoms with E-state index >= 15 is 0 Å². The van der Waals surface area contributed by atoms with Gasteiger partial charge in [-0.1, -0.05) is 12.1 Å². The van der Waals surface area contributed by atoms with Gasteiger partial charge in [0.1, 0.15) is 18.2 Å². The Labute approximate surface area is 113 Å². The van der Waals surface area contributed by atoms with Crippen LogP contribution < -0.4 is 4.74 Å². The van der Waals surface area contributed by atoms with Crippen molar-refractivity contribution in [3.8, 4) is 5.75 Å². The molecular formula is C15H20N2O2. The average Bonchev–Trinajstić information content (AvgIpc) is 2.84. The number of hydrogen-bond acceptors (Lipinski definition) is 3. The van der Waals surface area contributed by atoms with Crippen molar-refractivity contribution >= 4 is 0 Å². The van der Waals surface area contributed by atoms with Gasteiger partial charge in [-0.2, -0.15) is 0 Å². The maximum Gasteiger partial charge on any atom is 0.146 e. The maximum atomic E-state index is 9.32. The lowest BCUT2D eigenvalue weighted by atomic mass is 10.1. The number of imidazole rings is 1. The van der Waals surface area contributed by atoms with Gasteiger partial charge in [0.25, 0.3) is 0 Å². The number of hydrogen-bond donors (Lipinski definition) is 1. The van der Waals surface area contributed by atoms with Gasteiger partial charge in [0, 0.05) is 18.9 Å². The van der Waals surface area contributed by atoms with Crippen molar-refractivity contribution in [1.82, 2.24) is 9.55 Å². The summed E-state index contributed by atoms with van der Waals surface area (Å²) in [5, 5.41) is 9.32. The molecule has 0 spiro atoms. The first kappa shape index (κ1) is 13.6. The summed E-state index contributed by atoms with van der Waals surface area (Å²) in [6, 6.07) is 7.82. The Balaban J connectivity index is 1.93. The third kappa shape index (κ3) is 3.83. The second-order valence-electron chi connectivity index (χ2n) is 4.62. The van der Waals surface area contributed by atoms with Crippen LogP contribution >= 0.6 is 0 Å². The van der Waals surface area contributed by atoms with E-state index in [0.29, 0.717) is 13.0 Å². The van der Waals surface area contributed by atoms with Crippen LogP contribution in [0.2, 0.25) is 0 Å². The van der Waals surface area contributed by atoms with Crippen LogP contribution in [0, 0.1) is 0 Å². The van der Waals surface area contributed by atoms with E-state index in [1.165, 1.54) is 0 Å². The third-order valence-electron chi connectivity index (χ3n) is 2.96. The predicted octanol–water partition coefficient (Wildman–Crippen LogP) is 2.41. The van der Waals surface area contributed by atoms with Crippen LogP contribution in [0.3, 0.4) is 0 Å². The molecule has 1 aromatic carbocycles. The Morgan fingerprint density at radius 3 is 2.68 bits per heavy atom. The summed E-state index contributed by atoms with van der Waals surface area (Å²) in [6.45, 7) is 5.23. The van der Waals surface area contributed by atoms with Crippen LogP contribution in [0.15, 0.2) is 36.7 Å². The van der Waals surface area contributed by atoms with Crippen molar-refractivity contribution in [3.63, 3.8) is 0 Å². The van der Waals surface area contributed by atoms with E-state index in [9.17, 15) is 5.11 Å². The molecule has 2 rings (SSSR count). The van der Waals surface area contributed by atoms with Gasteiger partial charge in [-0.3, -0.25) is 0 Å². The summed E-state index contributed by atoms with van der Waals surface area (Å²) < 4.78 is 7.76. The van der Waals surface area contributed by atoms with Crippen LogP contribution in [0.5, 0.6) is 5.75 Å². The minimum absolute atomic E-state index is 0.316. The Kier molecular flexibility index (Phi) is 4.58. The zero-order chi connectivity index (χ0) is 13.7. The van der Waals surface area contributed by atoms with Crippen LogP contribution in [-0.4, -0.2) is 20.8 Å². The number of ether oxygens (including phenoxy) is 1. The molecule has 1 N–H and O–H groups in total. The topological polar surface area (TPSA) is 47.3 Å². The molecule has 1 aromatic heterocycles. The fourth-order valence-corrected chi connectivity index (χ4v) is 1.98. The van der Waals surface area contributed by atoms with E-state index in [1.54, 1.807) is 13.1 Å². The van der Waals surface area contributed by atoms with E-state index in [-0.39, 0.29) is 6.10 Å². The summed E-state index contributed by atoms with van der Waals surface area (Å²) in [5.74, 6) is 1.75. The second-order valence-corrected chi connectivity index (χ2v) is 4.62. The van der Waals surface area contributed by atoms with Gasteiger partial charge in [0.05, 0.1) is 6.10 Å². The molecule has 0 saturated heterocycles. The molecule has 19 heavy (non-hydrogen) atoms. The molecule has 0 aliphatic heterocycles. The molecule has 2 aromatic rings. The van der Waals surface area contributed by atoms with Gasteiger partial charge in [0.15, 0.2) is 0 Å². The summed E-state index contributed by atoms with van der Waals surface area (Å²) in [6.07, 6.45) is 4.09. The Bertz CT molecular complexity index is 503. The van der Waals surface area contributed by atoms with Crippen molar-refractivity contribution < 1.29 is 9.84 Å². The zero-order valence-electron chi connectivity index (χ0n) is 11.4. The molecule has 0 aliphatic carbocycles. The summed E-state index contributed by atoms with van der Waals surface area (Å²) in [4.78, 5) is 4.26. The lowest BCUT2D eigenvalue weighted by molar-refractivity contribution is 0.195. The highest BCUT2D eigenvalue weighted by atomic mass is 16.5. The molecule has 0 fully saturated rings. The molecule has 1 atom stereocenters. The fraction of sp³-hybridized carbons (Fsp3) is 0.400. The number of aromatic nitrogens is 2. The highest BCUT2D eigenvalue weighted by Gasteiger charge is 2.03. The average molecular weight is 260 g/mol. The molecule has 1 unspecified atom stereocenters. The van der Waals surface area contributed by atoms with Crippen molar-refractivity contribution in [2.45, 2.75) is 39.5 Å². The van der Waals surface area contributed by atoms with Gasteiger partial charge in [-0.05, 0) is 38.0 Å². The van der Waals surface area contributed by atoms with Gasteiger partial charge < -0.3 is 14.4 Å². The van der Waals surface area contributed by atoms with Gasteiger partial charge in [-0.15, -0.1) is 0 Å². The molecule has 4 heteroatoms. The normalized spacial score (nSPS) is 12.4. The standard InChI is InChI=1S/C15H20N2O2/c1-3-17-9-8-16-15(17)11-19-14-6-4-13(5-7-14)10-12(2)18/h4-9,12,18H,3,10-11H2,1-2H3. The molecule has 0 radical (unpaired) electrons. The summed E-state index contributed by atoms with van der Waals surface area (Å²) in [7, 11) is 0. The first-order valence-corrected chi connectivity index (χ1v) is 6.59. The first-order valence-electron chi connectivity index (χ1n) is 6.59. The Morgan fingerprint density at radius 1 is 1.32 bits per heavy atom. The molecule has 4 nitrogen and oxygen atoms in total. The van der Waals surface area contributed by atoms with Crippen LogP contribution in [0.25, 0.3) is 0 Å². The van der Waals surface area contributed by atoms with E-state index in [0.717, 1.165) is 23.7 Å². The quantitative estimate of drug-likeness (QED) is 0.867. The van der Waals surface area contributed by atoms with Crippen molar-refractivity contribution in [2.24, 2.45) is 0 Å². The number of benzene rings is 1. The molecule has 0 aliphatic rings. The van der Waals surface area contributed by atoms with Gasteiger partial charge >= 0.3 is 0 Å². The Hall–Kier alpha value is -1.81. The lowest BCUT2D eigenvalue weighted by Gasteiger charge is -2.09.